The van der Waals surface area contributed by atoms with Gasteiger partial charge in [-0.15, -0.1) is 0 Å². The molecule has 2 aromatic rings. The molecule has 1 N–H and O–H groups in total. The molecule has 0 radical (unpaired) electrons. The van der Waals surface area contributed by atoms with E-state index in [1.165, 1.54) is 17.5 Å². The van der Waals surface area contributed by atoms with Gasteiger partial charge in [-0.3, -0.25) is 0 Å². The number of rotatable bonds is 1. The predicted octanol–water partition coefficient (Wildman–Crippen LogP) is 4.50. The molecule has 2 heteroatoms. The van der Waals surface area contributed by atoms with Gasteiger partial charge in [-0.05, 0) is 55.4 Å². The standard InChI is InChI=1S/C19H21NO/c1-13-7-9-16-19(11-13)21-18-10-8-15(12-17(18)20-16)14-5-3-2-4-6-14/h2-7,9,11,15,17-18,20H,8,10,12H2,1H3. The number of benzene rings is 2. The molecule has 0 bridgehead atoms. The van der Waals surface area contributed by atoms with E-state index in [0.29, 0.717) is 18.1 Å². The van der Waals surface area contributed by atoms with Crippen LogP contribution in [0.25, 0.3) is 0 Å². The minimum atomic E-state index is 0.319. The van der Waals surface area contributed by atoms with Crippen LogP contribution in [0.1, 0.15) is 36.3 Å². The minimum Gasteiger partial charge on any atom is -0.486 e. The molecule has 3 unspecified atom stereocenters. The molecule has 2 aromatic carbocycles. The van der Waals surface area contributed by atoms with Crippen molar-refractivity contribution in [2.45, 2.75) is 44.2 Å². The van der Waals surface area contributed by atoms with Crippen LogP contribution < -0.4 is 10.1 Å². The topological polar surface area (TPSA) is 21.3 Å². The third-order valence-electron chi connectivity index (χ3n) is 4.81. The van der Waals surface area contributed by atoms with E-state index < -0.39 is 0 Å². The first-order chi connectivity index (χ1) is 10.3. The third-order valence-corrected chi connectivity index (χ3v) is 4.81. The van der Waals surface area contributed by atoms with Crippen molar-refractivity contribution < 1.29 is 4.74 Å². The number of nitrogens with one attached hydrogen (secondary N) is 1. The highest BCUT2D eigenvalue weighted by Gasteiger charge is 2.36. The molecule has 1 aliphatic heterocycles. The zero-order valence-electron chi connectivity index (χ0n) is 12.4. The molecule has 0 spiro atoms. The number of anilines is 1. The molecule has 1 aliphatic carbocycles. The highest BCUT2D eigenvalue weighted by molar-refractivity contribution is 5.60. The van der Waals surface area contributed by atoms with Crippen LogP contribution >= 0.6 is 0 Å². The highest BCUT2D eigenvalue weighted by atomic mass is 16.5. The molecule has 1 fully saturated rings. The van der Waals surface area contributed by atoms with Gasteiger partial charge in [-0.25, -0.2) is 0 Å². The summed E-state index contributed by atoms with van der Waals surface area (Å²) in [6, 6.07) is 17.8. The Hall–Kier alpha value is -1.96. The van der Waals surface area contributed by atoms with Gasteiger partial charge in [0.2, 0.25) is 0 Å². The Labute approximate surface area is 126 Å². The molecule has 2 aliphatic rings. The van der Waals surface area contributed by atoms with Crippen molar-refractivity contribution in [3.63, 3.8) is 0 Å². The number of fused-ring (bicyclic) bond motifs is 2. The van der Waals surface area contributed by atoms with Gasteiger partial charge in [0.1, 0.15) is 11.9 Å². The van der Waals surface area contributed by atoms with Crippen molar-refractivity contribution in [3.8, 4) is 5.75 Å². The molecule has 0 aromatic heterocycles. The molecular formula is C19H21NO. The molecule has 4 rings (SSSR count). The summed E-state index contributed by atoms with van der Waals surface area (Å²) in [6.07, 6.45) is 3.82. The summed E-state index contributed by atoms with van der Waals surface area (Å²) >= 11 is 0. The Balaban J connectivity index is 1.56. The van der Waals surface area contributed by atoms with Crippen LogP contribution in [-0.4, -0.2) is 12.1 Å². The van der Waals surface area contributed by atoms with E-state index in [-0.39, 0.29) is 0 Å². The summed E-state index contributed by atoms with van der Waals surface area (Å²) in [5.41, 5.74) is 3.87. The van der Waals surface area contributed by atoms with E-state index in [4.69, 9.17) is 4.74 Å². The molecular weight excluding hydrogens is 258 g/mol. The van der Waals surface area contributed by atoms with E-state index in [0.717, 1.165) is 24.3 Å². The van der Waals surface area contributed by atoms with Gasteiger partial charge in [-0.1, -0.05) is 36.4 Å². The summed E-state index contributed by atoms with van der Waals surface area (Å²) in [4.78, 5) is 0. The quantitative estimate of drug-likeness (QED) is 0.829. The third kappa shape index (κ3) is 2.39. The van der Waals surface area contributed by atoms with Crippen molar-refractivity contribution in [1.29, 1.82) is 0 Å². The van der Waals surface area contributed by atoms with Crippen molar-refractivity contribution >= 4 is 5.69 Å². The van der Waals surface area contributed by atoms with Crippen molar-refractivity contribution in [2.24, 2.45) is 0 Å². The predicted molar refractivity (Wildman–Crippen MR) is 86.0 cm³/mol. The lowest BCUT2D eigenvalue weighted by atomic mass is 9.79. The fourth-order valence-electron chi connectivity index (χ4n) is 3.67. The van der Waals surface area contributed by atoms with E-state index in [1.807, 2.05) is 0 Å². The average molecular weight is 279 g/mol. The van der Waals surface area contributed by atoms with E-state index >= 15 is 0 Å². The van der Waals surface area contributed by atoms with E-state index in [2.05, 4.69) is 60.8 Å². The lowest BCUT2D eigenvalue weighted by molar-refractivity contribution is 0.122. The summed E-state index contributed by atoms with van der Waals surface area (Å²) in [5, 5.41) is 3.70. The molecule has 21 heavy (non-hydrogen) atoms. The van der Waals surface area contributed by atoms with Crippen LogP contribution in [0.15, 0.2) is 48.5 Å². The lowest BCUT2D eigenvalue weighted by Crippen LogP contribution is -2.45. The van der Waals surface area contributed by atoms with Gasteiger partial charge in [-0.2, -0.15) is 0 Å². The maximum absolute atomic E-state index is 6.24. The van der Waals surface area contributed by atoms with Gasteiger partial charge in [0.25, 0.3) is 0 Å². The minimum absolute atomic E-state index is 0.319. The first-order valence-corrected chi connectivity index (χ1v) is 7.88. The summed E-state index contributed by atoms with van der Waals surface area (Å²) in [7, 11) is 0. The van der Waals surface area contributed by atoms with E-state index in [1.54, 1.807) is 0 Å². The van der Waals surface area contributed by atoms with Crippen LogP contribution in [0.4, 0.5) is 5.69 Å². The van der Waals surface area contributed by atoms with Crippen LogP contribution in [0.5, 0.6) is 5.75 Å². The van der Waals surface area contributed by atoms with Gasteiger partial charge in [0, 0.05) is 0 Å². The Bertz CT molecular complexity index is 637. The van der Waals surface area contributed by atoms with Crippen LogP contribution in [0, 0.1) is 6.92 Å². The zero-order chi connectivity index (χ0) is 14.2. The van der Waals surface area contributed by atoms with Gasteiger partial charge in [0.15, 0.2) is 0 Å². The molecule has 3 atom stereocenters. The Morgan fingerprint density at radius 2 is 1.90 bits per heavy atom. The normalized spacial score (nSPS) is 27.0. The maximum atomic E-state index is 6.24. The fourth-order valence-corrected chi connectivity index (χ4v) is 3.67. The number of hydrogen-bond donors (Lipinski definition) is 1. The van der Waals surface area contributed by atoms with Gasteiger partial charge in [0.05, 0.1) is 11.7 Å². The SMILES string of the molecule is Cc1ccc2c(c1)OC1CCC(c3ccccc3)CC1N2. The second-order valence-electron chi connectivity index (χ2n) is 6.33. The van der Waals surface area contributed by atoms with Crippen LogP contribution in [0.3, 0.4) is 0 Å². The van der Waals surface area contributed by atoms with Gasteiger partial charge >= 0.3 is 0 Å². The zero-order valence-corrected chi connectivity index (χ0v) is 12.4. The second kappa shape index (κ2) is 5.10. The fraction of sp³-hybridized carbons (Fsp3) is 0.368. The first kappa shape index (κ1) is 12.8. The Kier molecular flexibility index (Phi) is 3.10. The van der Waals surface area contributed by atoms with E-state index in [9.17, 15) is 0 Å². The molecule has 108 valence electrons. The average Bonchev–Trinajstić information content (AvgIpc) is 2.53. The molecule has 1 heterocycles. The van der Waals surface area contributed by atoms with Gasteiger partial charge < -0.3 is 10.1 Å². The number of hydrogen-bond acceptors (Lipinski definition) is 2. The molecule has 0 saturated heterocycles. The molecule has 1 saturated carbocycles. The van der Waals surface area contributed by atoms with Crippen molar-refractivity contribution in [1.82, 2.24) is 0 Å². The van der Waals surface area contributed by atoms with Crippen LogP contribution in [-0.2, 0) is 0 Å². The Morgan fingerprint density at radius 1 is 1.05 bits per heavy atom. The molecule has 0 amide bonds. The van der Waals surface area contributed by atoms with Crippen molar-refractivity contribution in [3.05, 3.63) is 59.7 Å². The second-order valence-corrected chi connectivity index (χ2v) is 6.33. The summed E-state index contributed by atoms with van der Waals surface area (Å²) in [5.74, 6) is 1.67. The highest BCUT2D eigenvalue weighted by Crippen LogP contribution is 2.41. The monoisotopic (exact) mass is 279 g/mol. The smallest absolute Gasteiger partial charge is 0.143 e. The largest absolute Gasteiger partial charge is 0.486 e. The van der Waals surface area contributed by atoms with Crippen LogP contribution in [0.2, 0.25) is 0 Å². The summed E-state index contributed by atoms with van der Waals surface area (Å²) in [6.45, 7) is 2.11. The Morgan fingerprint density at radius 3 is 2.76 bits per heavy atom. The lowest BCUT2D eigenvalue weighted by Gasteiger charge is -2.41. The number of ether oxygens (including phenoxy) is 1. The maximum Gasteiger partial charge on any atom is 0.143 e. The number of aryl methyl sites for hydroxylation is 1. The van der Waals surface area contributed by atoms with Crippen molar-refractivity contribution in [2.75, 3.05) is 5.32 Å². The summed E-state index contributed by atoms with van der Waals surface area (Å²) < 4.78 is 6.24. The first-order valence-electron chi connectivity index (χ1n) is 7.88. The molecule has 2 nitrogen and oxygen atoms in total.